The predicted molar refractivity (Wildman–Crippen MR) is 71.0 cm³/mol. The normalized spacial score (nSPS) is 11.6. The van der Waals surface area contributed by atoms with Gasteiger partial charge in [-0.05, 0) is 31.6 Å². The minimum Gasteiger partial charge on any atom is -0.481 e. The zero-order valence-electron chi connectivity index (χ0n) is 11.1. The van der Waals surface area contributed by atoms with Gasteiger partial charge in [0.15, 0.2) is 0 Å². The summed E-state index contributed by atoms with van der Waals surface area (Å²) in [6.45, 7) is 2.62. The lowest BCUT2D eigenvalue weighted by atomic mass is 10.0. The molecule has 0 heterocycles. The van der Waals surface area contributed by atoms with Gasteiger partial charge in [0, 0.05) is 25.8 Å². The number of carboxylic acids is 1. The summed E-state index contributed by atoms with van der Waals surface area (Å²) in [6.07, 6.45) is 9.75. The Kier molecular flexibility index (Phi) is 9.75. The number of terminal acetylenes is 1. The lowest BCUT2D eigenvalue weighted by Crippen LogP contribution is -2.25. The Labute approximate surface area is 109 Å². The van der Waals surface area contributed by atoms with Gasteiger partial charge in [0.05, 0.1) is 0 Å². The summed E-state index contributed by atoms with van der Waals surface area (Å²) in [5, 5.41) is 11.4. The fraction of sp³-hybridized carbons (Fsp3) is 0.714. The molecule has 0 aromatic heterocycles. The summed E-state index contributed by atoms with van der Waals surface area (Å²) in [5.41, 5.74) is 0. The highest BCUT2D eigenvalue weighted by Crippen LogP contribution is 2.09. The maximum absolute atomic E-state index is 11.4. The van der Waals surface area contributed by atoms with Crippen LogP contribution in [0.2, 0.25) is 0 Å². The van der Waals surface area contributed by atoms with E-state index in [2.05, 4.69) is 11.2 Å². The summed E-state index contributed by atoms with van der Waals surface area (Å²) in [7, 11) is 0. The van der Waals surface area contributed by atoms with Gasteiger partial charge in [0.1, 0.15) is 0 Å². The highest BCUT2D eigenvalue weighted by atomic mass is 16.4. The molecule has 18 heavy (non-hydrogen) atoms. The molecule has 4 heteroatoms. The maximum atomic E-state index is 11.4. The number of hydrogen-bond donors (Lipinski definition) is 2. The second-order valence-corrected chi connectivity index (χ2v) is 4.59. The van der Waals surface area contributed by atoms with Crippen LogP contribution in [0.3, 0.4) is 0 Å². The van der Waals surface area contributed by atoms with Crippen LogP contribution < -0.4 is 5.32 Å². The molecule has 0 rings (SSSR count). The Morgan fingerprint density at radius 2 is 2.00 bits per heavy atom. The number of hydrogen-bond acceptors (Lipinski definition) is 2. The molecule has 1 amide bonds. The number of amides is 1. The van der Waals surface area contributed by atoms with Crippen molar-refractivity contribution in [2.75, 3.05) is 6.54 Å². The third kappa shape index (κ3) is 11.0. The van der Waals surface area contributed by atoms with E-state index >= 15 is 0 Å². The summed E-state index contributed by atoms with van der Waals surface area (Å²) in [5.74, 6) is 2.15. The van der Waals surface area contributed by atoms with Gasteiger partial charge in [-0.15, -0.1) is 12.3 Å². The van der Waals surface area contributed by atoms with Crippen LogP contribution in [0.25, 0.3) is 0 Å². The monoisotopic (exact) mass is 253 g/mol. The van der Waals surface area contributed by atoms with Crippen LogP contribution >= 0.6 is 0 Å². The van der Waals surface area contributed by atoms with E-state index in [1.165, 1.54) is 0 Å². The standard InChI is InChI=1S/C14H23NO3/c1-3-4-5-6-7-13(16)15-11-10-12(2)8-9-14(17)18/h1,12H,4-11H2,2H3,(H,15,16)(H,17,18). The first-order valence-electron chi connectivity index (χ1n) is 6.48. The Bertz CT molecular complexity index is 294. The van der Waals surface area contributed by atoms with Gasteiger partial charge < -0.3 is 10.4 Å². The zero-order valence-corrected chi connectivity index (χ0v) is 11.1. The molecule has 0 saturated carbocycles. The molecule has 0 aliphatic rings. The number of nitrogens with one attached hydrogen (secondary N) is 1. The fourth-order valence-corrected chi connectivity index (χ4v) is 1.57. The highest BCUT2D eigenvalue weighted by molar-refractivity contribution is 5.75. The fourth-order valence-electron chi connectivity index (χ4n) is 1.57. The first-order valence-corrected chi connectivity index (χ1v) is 6.48. The molecule has 1 unspecified atom stereocenters. The first-order chi connectivity index (χ1) is 8.56. The van der Waals surface area contributed by atoms with Gasteiger partial charge in [0.25, 0.3) is 0 Å². The van der Waals surface area contributed by atoms with Crippen LogP contribution in [0.5, 0.6) is 0 Å². The zero-order chi connectivity index (χ0) is 13.8. The van der Waals surface area contributed by atoms with Gasteiger partial charge >= 0.3 is 5.97 Å². The van der Waals surface area contributed by atoms with Crippen molar-refractivity contribution in [3.63, 3.8) is 0 Å². The van der Waals surface area contributed by atoms with Crippen molar-refractivity contribution in [1.82, 2.24) is 5.32 Å². The highest BCUT2D eigenvalue weighted by Gasteiger charge is 2.06. The van der Waals surface area contributed by atoms with Crippen molar-refractivity contribution in [2.24, 2.45) is 5.92 Å². The van der Waals surface area contributed by atoms with Gasteiger partial charge in [-0.25, -0.2) is 0 Å². The number of aliphatic carboxylic acids is 1. The quantitative estimate of drug-likeness (QED) is 0.463. The molecule has 0 spiro atoms. The van der Waals surface area contributed by atoms with Crippen LogP contribution in [0.4, 0.5) is 0 Å². The van der Waals surface area contributed by atoms with Crippen LogP contribution in [-0.2, 0) is 9.59 Å². The number of carboxylic acid groups (broad SMARTS) is 1. The van der Waals surface area contributed by atoms with Gasteiger partial charge in [-0.3, -0.25) is 9.59 Å². The topological polar surface area (TPSA) is 66.4 Å². The molecule has 1 atom stereocenters. The summed E-state index contributed by atoms with van der Waals surface area (Å²) < 4.78 is 0. The van der Waals surface area contributed by atoms with Gasteiger partial charge in [0.2, 0.25) is 5.91 Å². The van der Waals surface area contributed by atoms with E-state index in [1.807, 2.05) is 6.92 Å². The molecule has 0 radical (unpaired) electrons. The summed E-state index contributed by atoms with van der Waals surface area (Å²) in [4.78, 5) is 21.8. The van der Waals surface area contributed by atoms with Crippen LogP contribution in [-0.4, -0.2) is 23.5 Å². The van der Waals surface area contributed by atoms with Crippen molar-refractivity contribution < 1.29 is 14.7 Å². The van der Waals surface area contributed by atoms with Crippen LogP contribution in [0, 0.1) is 18.3 Å². The average molecular weight is 253 g/mol. The lowest BCUT2D eigenvalue weighted by molar-refractivity contribution is -0.137. The van der Waals surface area contributed by atoms with Gasteiger partial charge in [-0.1, -0.05) is 6.92 Å². The molecular formula is C14H23NO3. The number of rotatable bonds is 10. The Hall–Kier alpha value is -1.50. The molecule has 0 saturated heterocycles. The molecule has 0 aliphatic heterocycles. The van der Waals surface area contributed by atoms with Crippen molar-refractivity contribution in [1.29, 1.82) is 0 Å². The van der Waals surface area contributed by atoms with Crippen molar-refractivity contribution in [3.05, 3.63) is 0 Å². The average Bonchev–Trinajstić information content (AvgIpc) is 2.32. The second kappa shape index (κ2) is 10.6. The number of unbranched alkanes of at least 4 members (excludes halogenated alkanes) is 2. The molecule has 0 aromatic rings. The largest absolute Gasteiger partial charge is 0.481 e. The SMILES string of the molecule is C#CCCCCC(=O)NCCC(C)CCC(=O)O. The lowest BCUT2D eigenvalue weighted by Gasteiger charge is -2.10. The molecule has 2 N–H and O–H groups in total. The van der Waals surface area contributed by atoms with Crippen molar-refractivity contribution >= 4 is 11.9 Å². The molecular weight excluding hydrogens is 230 g/mol. The predicted octanol–water partition coefficient (Wildman–Crippen LogP) is 2.19. The second-order valence-electron chi connectivity index (χ2n) is 4.59. The Balaban J connectivity index is 3.44. The van der Waals surface area contributed by atoms with Crippen molar-refractivity contribution in [2.45, 2.75) is 51.9 Å². The van der Waals surface area contributed by atoms with Gasteiger partial charge in [-0.2, -0.15) is 0 Å². The molecule has 0 aliphatic carbocycles. The smallest absolute Gasteiger partial charge is 0.303 e. The van der Waals surface area contributed by atoms with E-state index in [0.717, 1.165) is 25.7 Å². The summed E-state index contributed by atoms with van der Waals surface area (Å²) in [6, 6.07) is 0. The van der Waals surface area contributed by atoms with Crippen LogP contribution in [0.1, 0.15) is 51.9 Å². The van der Waals surface area contributed by atoms with E-state index in [1.54, 1.807) is 0 Å². The molecule has 4 nitrogen and oxygen atoms in total. The van der Waals surface area contributed by atoms with Crippen LogP contribution in [0.15, 0.2) is 0 Å². The minimum atomic E-state index is -0.764. The third-order valence-corrected chi connectivity index (χ3v) is 2.79. The number of carbonyl (C=O) groups excluding carboxylic acids is 1. The molecule has 0 aromatic carbocycles. The Morgan fingerprint density at radius 3 is 2.61 bits per heavy atom. The molecule has 0 fully saturated rings. The van der Waals surface area contributed by atoms with E-state index in [0.29, 0.717) is 25.3 Å². The Morgan fingerprint density at radius 1 is 1.28 bits per heavy atom. The first kappa shape index (κ1) is 16.5. The number of carbonyl (C=O) groups is 2. The molecule has 0 bridgehead atoms. The van der Waals surface area contributed by atoms with E-state index in [4.69, 9.17) is 11.5 Å². The minimum absolute atomic E-state index is 0.0532. The summed E-state index contributed by atoms with van der Waals surface area (Å²) >= 11 is 0. The van der Waals surface area contributed by atoms with E-state index in [-0.39, 0.29) is 12.3 Å². The van der Waals surface area contributed by atoms with Crippen molar-refractivity contribution in [3.8, 4) is 12.3 Å². The molecule has 102 valence electrons. The van der Waals surface area contributed by atoms with E-state index < -0.39 is 5.97 Å². The third-order valence-electron chi connectivity index (χ3n) is 2.79. The maximum Gasteiger partial charge on any atom is 0.303 e. The van der Waals surface area contributed by atoms with E-state index in [9.17, 15) is 9.59 Å².